The minimum absolute atomic E-state index is 0.0223. The summed E-state index contributed by atoms with van der Waals surface area (Å²) in [4.78, 5) is 141. The van der Waals surface area contributed by atoms with E-state index in [1.807, 2.05) is 6.92 Å². The third-order valence-corrected chi connectivity index (χ3v) is 16.7. The third-order valence-electron chi connectivity index (χ3n) is 14.1. The zero-order valence-corrected chi connectivity index (χ0v) is 51.0. The highest BCUT2D eigenvalue weighted by Gasteiger charge is 2.37. The molecule has 16 N–H and O–H groups in total. The lowest BCUT2D eigenvalue weighted by atomic mass is 10.00. The van der Waals surface area contributed by atoms with Gasteiger partial charge in [0.05, 0.1) is 6.10 Å². The van der Waals surface area contributed by atoms with Gasteiger partial charge in [-0.3, -0.25) is 47.9 Å². The van der Waals surface area contributed by atoms with Crippen LogP contribution in [0, 0.1) is 0 Å². The summed E-state index contributed by atoms with van der Waals surface area (Å²) >= 11 is 6.19. The normalized spacial score (nSPS) is 20.1. The number of phenolic OH excluding ortho intramolecular Hbond substituents is 2. The van der Waals surface area contributed by atoms with Crippen LogP contribution in [-0.4, -0.2) is 154 Å². The second kappa shape index (κ2) is 35.7. The molecule has 5 rings (SSSR count). The summed E-state index contributed by atoms with van der Waals surface area (Å²) in [5.74, 6) is -9.38. The minimum atomic E-state index is -1.77. The average Bonchev–Trinajstić information content (AvgIpc) is 3.66. The molecule has 4 aromatic rings. The summed E-state index contributed by atoms with van der Waals surface area (Å²) in [6, 6.07) is 12.0. The molecule has 10 amide bonds. The largest absolute Gasteiger partial charge is 0.508 e. The maximum Gasteiger partial charge on any atom is 0.248 e. The van der Waals surface area contributed by atoms with Crippen molar-refractivity contribution in [1.29, 1.82) is 0 Å². The molecule has 9 atom stereocenters. The van der Waals surface area contributed by atoms with E-state index in [1.165, 1.54) is 79.7 Å². The summed E-state index contributed by atoms with van der Waals surface area (Å²) in [7, 11) is 3.60. The molecule has 27 heteroatoms. The number of aliphatic hydroxyl groups excluding tert-OH is 1. The number of halogens is 1. The zero-order chi connectivity index (χ0) is 63.6. The van der Waals surface area contributed by atoms with Crippen molar-refractivity contribution >= 4 is 92.3 Å². The molecular weight excluding hydrogens is 1180 g/mol. The molecule has 1 fully saturated rings. The van der Waals surface area contributed by atoms with Crippen molar-refractivity contribution in [1.82, 2.24) is 47.9 Å². The Labute approximate surface area is 517 Å². The van der Waals surface area contributed by atoms with Crippen LogP contribution in [0.2, 0.25) is 5.02 Å². The smallest absolute Gasteiger partial charge is 0.248 e. The van der Waals surface area contributed by atoms with Gasteiger partial charge in [0.1, 0.15) is 59.8 Å². The minimum Gasteiger partial charge on any atom is -0.508 e. The second-order valence-corrected chi connectivity index (χ2v) is 24.1. The maximum atomic E-state index is 15.0. The Morgan fingerprint density at radius 3 is 1.69 bits per heavy atom. The molecule has 0 radical (unpaired) electrons. The van der Waals surface area contributed by atoms with Gasteiger partial charge in [0, 0.05) is 54.2 Å². The summed E-state index contributed by atoms with van der Waals surface area (Å²) in [5, 5.41) is 56.0. The first kappa shape index (κ1) is 69.9. The molecule has 1 aliphatic heterocycles. The van der Waals surface area contributed by atoms with Gasteiger partial charge in [0.25, 0.3) is 0 Å². The number of carbonyl (C=O) groups excluding carboxylic acids is 10. The van der Waals surface area contributed by atoms with Crippen LogP contribution < -0.4 is 59.3 Å². The molecule has 0 saturated carbocycles. The number of aromatic hydroxyl groups is 2. The van der Waals surface area contributed by atoms with Crippen molar-refractivity contribution in [3.8, 4) is 11.5 Å². The molecule has 24 nitrogen and oxygen atoms in total. The van der Waals surface area contributed by atoms with Crippen LogP contribution in [0.25, 0.3) is 0 Å². The Balaban J connectivity index is 1.62. The maximum absolute atomic E-state index is 15.0. The molecule has 0 aromatic heterocycles. The number of primary amides is 2. The lowest BCUT2D eigenvalue weighted by molar-refractivity contribution is -0.136. The second-order valence-electron chi connectivity index (χ2n) is 21.1. The fourth-order valence-corrected chi connectivity index (χ4v) is 11.5. The lowest BCUT2D eigenvalue weighted by Crippen LogP contribution is -2.62. The van der Waals surface area contributed by atoms with E-state index in [-0.39, 0.29) is 67.1 Å². The third kappa shape index (κ3) is 23.7. The van der Waals surface area contributed by atoms with Crippen molar-refractivity contribution in [3.05, 3.63) is 130 Å². The van der Waals surface area contributed by atoms with Crippen molar-refractivity contribution in [2.45, 2.75) is 139 Å². The molecule has 1 aliphatic rings. The summed E-state index contributed by atoms with van der Waals surface area (Å²) in [5.41, 5.74) is 13.4. The van der Waals surface area contributed by atoms with E-state index in [0.29, 0.717) is 53.1 Å². The van der Waals surface area contributed by atoms with Gasteiger partial charge in [-0.1, -0.05) is 101 Å². The number of hydrogen-bond donors (Lipinski definition) is 14. The number of unbranched alkanes of at least 4 members (excludes halogenated alkanes) is 3. The molecule has 470 valence electrons. The van der Waals surface area contributed by atoms with E-state index < -0.39 is 114 Å². The predicted molar refractivity (Wildman–Crippen MR) is 331 cm³/mol. The van der Waals surface area contributed by atoms with Gasteiger partial charge in [-0.25, -0.2) is 0 Å². The van der Waals surface area contributed by atoms with Crippen LogP contribution in [0.1, 0.15) is 91.4 Å². The molecule has 1 heterocycles. The molecule has 2 unspecified atom stereocenters. The number of benzene rings is 4. The summed E-state index contributed by atoms with van der Waals surface area (Å²) in [6.07, 6.45) is 0.737. The van der Waals surface area contributed by atoms with Gasteiger partial charge in [-0.2, -0.15) is 0 Å². The molecule has 0 aliphatic carbocycles. The van der Waals surface area contributed by atoms with Crippen LogP contribution in [0.15, 0.2) is 97.1 Å². The van der Waals surface area contributed by atoms with Crippen LogP contribution in [-0.2, 0) is 68.8 Å². The first-order chi connectivity index (χ1) is 41.5. The monoisotopic (exact) mass is 1260 g/mol. The van der Waals surface area contributed by atoms with Crippen molar-refractivity contribution in [2.75, 3.05) is 25.1 Å². The number of aliphatic hydroxyl groups is 1. The van der Waals surface area contributed by atoms with Crippen LogP contribution in [0.5, 0.6) is 11.5 Å². The SMILES string of the molecule is CCCCCC(=O)N[C@@H](Cc1ccc(Cl)cc1)C(=O)N[C@@H]1CSSC[C@@H](C(=O)N[C@H](Cc2ccc(O)cc2)C(N)=O)NC(=O)C(C(C)O)NC(=O)[C@H](CCCCNC)NC(=O)[C@@H](Cc2ccc(C(N)=O)cc2)NC(=O)[C@H](Cc2ccc(O)cc2)NC1=O. The van der Waals surface area contributed by atoms with Crippen molar-refractivity contribution < 1.29 is 63.3 Å². The first-order valence-corrected chi connectivity index (χ1v) is 31.4. The average molecular weight is 1260 g/mol. The van der Waals surface area contributed by atoms with Gasteiger partial charge in [-0.15, -0.1) is 0 Å². The van der Waals surface area contributed by atoms with Crippen LogP contribution >= 0.6 is 33.2 Å². The highest BCUT2D eigenvalue weighted by atomic mass is 35.5. The number of hydrogen-bond acceptors (Lipinski definition) is 16. The molecule has 87 heavy (non-hydrogen) atoms. The van der Waals surface area contributed by atoms with Gasteiger partial charge in [-0.05, 0) is 117 Å². The standard InChI is InChI=1S/C60H78ClN11O13S2/c1-4-5-6-10-50(76)65-45(29-36-13-21-40(61)22-14-36)55(80)70-48-32-86-87-33-49(58(83)67-44(53(63)78)28-37-15-23-41(74)24-16-37)71-60(85)51(34(2)73)72-54(79)43(9-7-8-27-64-3)66-56(81)46(30-35-11-19-39(20-12-35)52(62)77)68-57(82)47(69-59(48)84)31-38-17-25-42(75)26-18-38/h11-26,34,43-49,51,64,73-75H,4-10,27-33H2,1-3H3,(H2,62,77)(H2,63,78)(H,65,76)(H,66,81)(H,67,83)(H,68,82)(H,69,84)(H,70,80)(H,71,85)(H,72,79)/t34?,43-,44+,45-,46+,47-,48+,49-,51?/m0/s1. The number of rotatable bonds is 25. The van der Waals surface area contributed by atoms with E-state index in [2.05, 4.69) is 47.9 Å². The Morgan fingerprint density at radius 1 is 0.621 bits per heavy atom. The molecule has 0 spiro atoms. The number of nitrogens with one attached hydrogen (secondary N) is 9. The number of carbonyl (C=O) groups is 10. The Bertz CT molecular complexity index is 2980. The highest BCUT2D eigenvalue weighted by Crippen LogP contribution is 2.25. The van der Waals surface area contributed by atoms with Gasteiger partial charge in [0.15, 0.2) is 0 Å². The Kier molecular flexibility index (Phi) is 28.6. The van der Waals surface area contributed by atoms with Crippen LogP contribution in [0.3, 0.4) is 0 Å². The van der Waals surface area contributed by atoms with Crippen molar-refractivity contribution in [3.63, 3.8) is 0 Å². The van der Waals surface area contributed by atoms with E-state index in [1.54, 1.807) is 31.3 Å². The first-order valence-electron chi connectivity index (χ1n) is 28.5. The fraction of sp³-hybridized carbons (Fsp3) is 0.433. The van der Waals surface area contributed by atoms with Gasteiger partial charge in [0.2, 0.25) is 59.1 Å². The molecule has 0 bridgehead atoms. The van der Waals surface area contributed by atoms with E-state index in [0.717, 1.165) is 34.4 Å². The van der Waals surface area contributed by atoms with E-state index >= 15 is 4.79 Å². The molecule has 1 saturated heterocycles. The summed E-state index contributed by atoms with van der Waals surface area (Å²) in [6.45, 7) is 3.70. The van der Waals surface area contributed by atoms with Gasteiger partial charge >= 0.3 is 0 Å². The Morgan fingerprint density at radius 2 is 1.14 bits per heavy atom. The lowest BCUT2D eigenvalue weighted by Gasteiger charge is -2.29. The summed E-state index contributed by atoms with van der Waals surface area (Å²) < 4.78 is 0. The predicted octanol–water partition coefficient (Wildman–Crippen LogP) is 1.23. The number of phenols is 2. The van der Waals surface area contributed by atoms with E-state index in [9.17, 15) is 58.5 Å². The van der Waals surface area contributed by atoms with Gasteiger partial charge < -0.3 is 74.6 Å². The zero-order valence-electron chi connectivity index (χ0n) is 48.6. The van der Waals surface area contributed by atoms with Crippen molar-refractivity contribution in [2.24, 2.45) is 11.5 Å². The quantitative estimate of drug-likeness (QED) is 0.0328. The topological polar surface area (TPSA) is 392 Å². The van der Waals surface area contributed by atoms with Crippen LogP contribution in [0.4, 0.5) is 0 Å². The Hall–Kier alpha value is -7.91. The van der Waals surface area contributed by atoms with E-state index in [4.69, 9.17) is 23.1 Å². The highest BCUT2D eigenvalue weighted by molar-refractivity contribution is 8.76. The number of amides is 10. The molecule has 4 aromatic carbocycles. The fourth-order valence-electron chi connectivity index (χ4n) is 9.08. The number of nitrogens with two attached hydrogens (primary N) is 2. The molecular formula is C60H78ClN11O13S2.